The zero-order valence-corrected chi connectivity index (χ0v) is 15.7. The first-order valence-electron chi connectivity index (χ1n) is 9.67. The summed E-state index contributed by atoms with van der Waals surface area (Å²) in [4.78, 5) is 26.4. The standard InChI is InChI=1S/C20H29N3O3/c1-3-26-17-10-8-16(9-11-17)23-13-15(12-19(23)24)21-20(25)22-18-7-5-4-6-14(18)2/h8-11,14-15,18H,3-7,12-13H2,1-2H3,(H2,21,22,25)/t14-,15-,18-/m1/s1. The van der Waals surface area contributed by atoms with Gasteiger partial charge in [0.15, 0.2) is 0 Å². The number of hydrogen-bond acceptors (Lipinski definition) is 3. The maximum atomic E-state index is 12.3. The Bertz CT molecular complexity index is 632. The van der Waals surface area contributed by atoms with Gasteiger partial charge in [0.2, 0.25) is 5.91 Å². The predicted molar refractivity (Wildman–Crippen MR) is 101 cm³/mol. The van der Waals surface area contributed by atoms with E-state index in [1.807, 2.05) is 31.2 Å². The van der Waals surface area contributed by atoms with Crippen LogP contribution in [0.15, 0.2) is 24.3 Å². The Morgan fingerprint density at radius 1 is 1.19 bits per heavy atom. The third-order valence-corrected chi connectivity index (χ3v) is 5.35. The molecule has 1 heterocycles. The number of rotatable bonds is 5. The maximum absolute atomic E-state index is 12.3. The van der Waals surface area contributed by atoms with Crippen molar-refractivity contribution in [1.82, 2.24) is 10.6 Å². The van der Waals surface area contributed by atoms with Crippen LogP contribution in [0.3, 0.4) is 0 Å². The lowest BCUT2D eigenvalue weighted by Gasteiger charge is -2.30. The molecule has 2 aliphatic rings. The molecule has 1 aromatic carbocycles. The lowest BCUT2D eigenvalue weighted by Crippen LogP contribution is -2.49. The number of carbonyl (C=O) groups is 2. The molecule has 0 bridgehead atoms. The molecule has 6 nitrogen and oxygen atoms in total. The van der Waals surface area contributed by atoms with Crippen LogP contribution in [-0.4, -0.2) is 37.2 Å². The zero-order valence-electron chi connectivity index (χ0n) is 15.7. The average Bonchev–Trinajstić information content (AvgIpc) is 2.98. The molecule has 6 heteroatoms. The van der Waals surface area contributed by atoms with Gasteiger partial charge in [-0.05, 0) is 49.9 Å². The van der Waals surface area contributed by atoms with Crippen molar-refractivity contribution >= 4 is 17.6 Å². The third-order valence-electron chi connectivity index (χ3n) is 5.35. The van der Waals surface area contributed by atoms with Gasteiger partial charge in [0.25, 0.3) is 0 Å². The van der Waals surface area contributed by atoms with Crippen LogP contribution >= 0.6 is 0 Å². The molecular weight excluding hydrogens is 330 g/mol. The van der Waals surface area contributed by atoms with E-state index in [0.29, 0.717) is 25.5 Å². The van der Waals surface area contributed by atoms with Crippen molar-refractivity contribution < 1.29 is 14.3 Å². The molecule has 0 radical (unpaired) electrons. The van der Waals surface area contributed by atoms with E-state index in [-0.39, 0.29) is 24.0 Å². The van der Waals surface area contributed by atoms with E-state index < -0.39 is 0 Å². The molecule has 1 aliphatic carbocycles. The summed E-state index contributed by atoms with van der Waals surface area (Å²) in [7, 11) is 0. The Labute approximate surface area is 155 Å². The SMILES string of the molecule is CCOc1ccc(N2C[C@H](NC(=O)N[C@@H]3CCCC[C@H]3C)CC2=O)cc1. The Kier molecular flexibility index (Phi) is 6.01. The fourth-order valence-electron chi connectivity index (χ4n) is 3.87. The van der Waals surface area contributed by atoms with Crippen molar-refractivity contribution in [3.8, 4) is 5.75 Å². The fraction of sp³-hybridized carbons (Fsp3) is 0.600. The van der Waals surface area contributed by atoms with Crippen molar-refractivity contribution in [3.63, 3.8) is 0 Å². The van der Waals surface area contributed by atoms with E-state index in [1.165, 1.54) is 19.3 Å². The Morgan fingerprint density at radius 2 is 1.92 bits per heavy atom. The van der Waals surface area contributed by atoms with Crippen LogP contribution in [-0.2, 0) is 4.79 Å². The Hall–Kier alpha value is -2.24. The van der Waals surface area contributed by atoms with Gasteiger partial charge >= 0.3 is 6.03 Å². The van der Waals surface area contributed by atoms with Crippen molar-refractivity contribution in [2.24, 2.45) is 5.92 Å². The van der Waals surface area contributed by atoms with Crippen LogP contribution in [0, 0.1) is 5.92 Å². The van der Waals surface area contributed by atoms with Crippen molar-refractivity contribution in [3.05, 3.63) is 24.3 Å². The van der Waals surface area contributed by atoms with E-state index in [4.69, 9.17) is 4.74 Å². The average molecular weight is 359 g/mol. The van der Waals surface area contributed by atoms with Crippen LogP contribution in [0.4, 0.5) is 10.5 Å². The highest BCUT2D eigenvalue weighted by atomic mass is 16.5. The lowest BCUT2D eigenvalue weighted by molar-refractivity contribution is -0.117. The normalized spacial score (nSPS) is 25.8. The van der Waals surface area contributed by atoms with Gasteiger partial charge in [-0.3, -0.25) is 4.79 Å². The second-order valence-corrected chi connectivity index (χ2v) is 7.32. The molecular formula is C20H29N3O3. The molecule has 0 aromatic heterocycles. The van der Waals surface area contributed by atoms with Gasteiger partial charge in [0.1, 0.15) is 5.75 Å². The fourth-order valence-corrected chi connectivity index (χ4v) is 3.87. The smallest absolute Gasteiger partial charge is 0.315 e. The predicted octanol–water partition coefficient (Wildman–Crippen LogP) is 3.07. The molecule has 3 atom stereocenters. The largest absolute Gasteiger partial charge is 0.494 e. The maximum Gasteiger partial charge on any atom is 0.315 e. The molecule has 1 aromatic rings. The number of hydrogen-bond donors (Lipinski definition) is 2. The molecule has 26 heavy (non-hydrogen) atoms. The second-order valence-electron chi connectivity index (χ2n) is 7.32. The van der Waals surface area contributed by atoms with Gasteiger partial charge in [-0.1, -0.05) is 19.8 Å². The van der Waals surface area contributed by atoms with E-state index in [9.17, 15) is 9.59 Å². The van der Waals surface area contributed by atoms with Gasteiger partial charge in [-0.25, -0.2) is 4.79 Å². The van der Waals surface area contributed by atoms with E-state index in [1.54, 1.807) is 4.90 Å². The number of ether oxygens (including phenoxy) is 1. The monoisotopic (exact) mass is 359 g/mol. The van der Waals surface area contributed by atoms with E-state index in [2.05, 4.69) is 17.6 Å². The van der Waals surface area contributed by atoms with Gasteiger partial charge in [0.05, 0.1) is 12.6 Å². The molecule has 3 amide bonds. The highest BCUT2D eigenvalue weighted by molar-refractivity contribution is 5.96. The summed E-state index contributed by atoms with van der Waals surface area (Å²) in [5.74, 6) is 1.34. The molecule has 1 saturated heterocycles. The lowest BCUT2D eigenvalue weighted by atomic mass is 9.86. The summed E-state index contributed by atoms with van der Waals surface area (Å²) >= 11 is 0. The van der Waals surface area contributed by atoms with Crippen molar-refractivity contribution in [1.29, 1.82) is 0 Å². The second kappa shape index (κ2) is 8.43. The third kappa shape index (κ3) is 4.48. The molecule has 2 N–H and O–H groups in total. The quantitative estimate of drug-likeness (QED) is 0.849. The molecule has 3 rings (SSSR count). The minimum atomic E-state index is -0.159. The molecule has 2 fully saturated rings. The number of benzene rings is 1. The molecule has 1 aliphatic heterocycles. The zero-order chi connectivity index (χ0) is 18.5. The Morgan fingerprint density at radius 3 is 2.62 bits per heavy atom. The number of nitrogens with zero attached hydrogens (tertiary/aromatic N) is 1. The number of anilines is 1. The highest BCUT2D eigenvalue weighted by Gasteiger charge is 2.32. The van der Waals surface area contributed by atoms with Crippen LogP contribution in [0.5, 0.6) is 5.75 Å². The summed E-state index contributed by atoms with van der Waals surface area (Å²) in [6, 6.07) is 7.42. The first-order valence-corrected chi connectivity index (χ1v) is 9.67. The summed E-state index contributed by atoms with van der Waals surface area (Å²) in [6.45, 7) is 5.24. The molecule has 0 spiro atoms. The van der Waals surface area contributed by atoms with Gasteiger partial charge in [-0.2, -0.15) is 0 Å². The number of nitrogens with one attached hydrogen (secondary N) is 2. The van der Waals surface area contributed by atoms with Crippen molar-refractivity contribution in [2.75, 3.05) is 18.1 Å². The first kappa shape index (κ1) is 18.5. The minimum absolute atomic E-state index is 0.0329. The number of amides is 3. The van der Waals surface area contributed by atoms with Gasteiger partial charge in [0, 0.05) is 24.7 Å². The van der Waals surface area contributed by atoms with Gasteiger partial charge < -0.3 is 20.3 Å². The van der Waals surface area contributed by atoms with E-state index in [0.717, 1.165) is 17.9 Å². The number of carbonyl (C=O) groups excluding carboxylic acids is 2. The van der Waals surface area contributed by atoms with E-state index >= 15 is 0 Å². The van der Waals surface area contributed by atoms with Crippen LogP contribution in [0.2, 0.25) is 0 Å². The Balaban J connectivity index is 1.53. The summed E-state index contributed by atoms with van der Waals surface area (Å²) in [5.41, 5.74) is 0.837. The van der Waals surface area contributed by atoms with Crippen LogP contribution < -0.4 is 20.3 Å². The highest BCUT2D eigenvalue weighted by Crippen LogP contribution is 2.25. The summed E-state index contributed by atoms with van der Waals surface area (Å²) in [5, 5.41) is 6.06. The molecule has 1 saturated carbocycles. The topological polar surface area (TPSA) is 70.7 Å². The summed E-state index contributed by atoms with van der Waals surface area (Å²) < 4.78 is 5.44. The molecule has 142 valence electrons. The van der Waals surface area contributed by atoms with Crippen LogP contribution in [0.25, 0.3) is 0 Å². The number of urea groups is 1. The van der Waals surface area contributed by atoms with Gasteiger partial charge in [-0.15, -0.1) is 0 Å². The van der Waals surface area contributed by atoms with Crippen LogP contribution in [0.1, 0.15) is 46.0 Å². The minimum Gasteiger partial charge on any atom is -0.494 e. The first-order chi connectivity index (χ1) is 12.6. The molecule has 0 unspecified atom stereocenters. The van der Waals surface area contributed by atoms with Crippen molar-refractivity contribution in [2.45, 2.75) is 58.0 Å². The summed E-state index contributed by atoms with van der Waals surface area (Å²) in [6.07, 6.45) is 4.95.